The predicted octanol–water partition coefficient (Wildman–Crippen LogP) is 2.35. The molecule has 0 bridgehead atoms. The van der Waals surface area contributed by atoms with Crippen LogP contribution in [-0.4, -0.2) is 90.7 Å². The lowest BCUT2D eigenvalue weighted by Crippen LogP contribution is -2.62. The number of rotatable bonds is 6. The Balaban J connectivity index is 1.33. The maximum atomic E-state index is 13.8. The molecule has 0 aliphatic carbocycles. The summed E-state index contributed by atoms with van der Waals surface area (Å²) in [6, 6.07) is 8.84. The molecule has 2 fully saturated rings. The second-order valence-corrected chi connectivity index (χ2v) is 11.7. The molecule has 1 N–H and O–H groups in total. The Morgan fingerprint density at radius 3 is 2.71 bits per heavy atom. The van der Waals surface area contributed by atoms with E-state index in [2.05, 4.69) is 37.1 Å². The number of fused-ring (bicyclic) bond motifs is 1. The Labute approximate surface area is 224 Å². The lowest BCUT2D eigenvalue weighted by molar-refractivity contribution is -0.149. The Bertz CT molecular complexity index is 1190. The van der Waals surface area contributed by atoms with E-state index in [9.17, 15) is 14.0 Å². The largest absolute Gasteiger partial charge is 0.367 e. The van der Waals surface area contributed by atoms with Gasteiger partial charge in [-0.2, -0.15) is 0 Å². The Kier molecular flexibility index (Phi) is 7.53. The van der Waals surface area contributed by atoms with E-state index in [4.69, 9.17) is 9.72 Å². The van der Waals surface area contributed by atoms with Crippen molar-refractivity contribution in [3.8, 4) is 0 Å². The molecule has 9 heteroatoms. The van der Waals surface area contributed by atoms with Gasteiger partial charge in [-0.25, -0.2) is 4.39 Å². The lowest BCUT2D eigenvalue weighted by atomic mass is 9.91. The normalized spacial score (nSPS) is 25.5. The van der Waals surface area contributed by atoms with E-state index in [-0.39, 0.29) is 54.4 Å². The molecule has 0 unspecified atom stereocenters. The average Bonchev–Trinajstić information content (AvgIpc) is 3.14. The van der Waals surface area contributed by atoms with Crippen LogP contribution in [0.25, 0.3) is 0 Å². The SMILES string of the molecule is C[C@@H]1CN(CC(=O)N2CC(C)(C)c3ncc(Cc4ccc(F)cc4)cc32)[C@@H](CN2C[C@H](C)OCC2=O)CN1. The summed E-state index contributed by atoms with van der Waals surface area (Å²) < 4.78 is 18.8. The molecule has 38 heavy (non-hydrogen) atoms. The van der Waals surface area contributed by atoms with Crippen LogP contribution in [0.15, 0.2) is 36.5 Å². The fraction of sp³-hybridized carbons (Fsp3) is 0.552. The molecule has 1 aromatic carbocycles. The minimum Gasteiger partial charge on any atom is -0.367 e. The van der Waals surface area contributed by atoms with Crippen molar-refractivity contribution in [2.45, 2.75) is 57.7 Å². The van der Waals surface area contributed by atoms with E-state index in [1.54, 1.807) is 12.1 Å². The number of hydrogen-bond acceptors (Lipinski definition) is 6. The number of pyridine rings is 1. The van der Waals surface area contributed by atoms with Gasteiger partial charge in [-0.05, 0) is 49.6 Å². The summed E-state index contributed by atoms with van der Waals surface area (Å²) in [4.78, 5) is 37.0. The fourth-order valence-corrected chi connectivity index (χ4v) is 5.80. The van der Waals surface area contributed by atoms with Crippen molar-refractivity contribution < 1.29 is 18.7 Å². The summed E-state index contributed by atoms with van der Waals surface area (Å²) in [6.07, 6.45) is 2.50. The van der Waals surface area contributed by atoms with Crippen LogP contribution in [0.2, 0.25) is 0 Å². The molecule has 0 spiro atoms. The second kappa shape index (κ2) is 10.7. The summed E-state index contributed by atoms with van der Waals surface area (Å²) in [7, 11) is 0. The van der Waals surface area contributed by atoms with Crippen LogP contribution in [0.1, 0.15) is 44.5 Å². The zero-order valence-corrected chi connectivity index (χ0v) is 22.7. The summed E-state index contributed by atoms with van der Waals surface area (Å²) in [5.74, 6) is -0.214. The molecule has 3 aliphatic heterocycles. The van der Waals surface area contributed by atoms with E-state index >= 15 is 0 Å². The van der Waals surface area contributed by atoms with E-state index in [1.807, 2.05) is 22.9 Å². The van der Waals surface area contributed by atoms with Gasteiger partial charge < -0.3 is 19.9 Å². The minimum absolute atomic E-state index is 0.00276. The average molecular weight is 524 g/mol. The fourth-order valence-electron chi connectivity index (χ4n) is 5.80. The van der Waals surface area contributed by atoms with Crippen molar-refractivity contribution in [1.82, 2.24) is 20.1 Å². The molecule has 0 saturated carbocycles. The van der Waals surface area contributed by atoms with Gasteiger partial charge in [0.1, 0.15) is 12.4 Å². The number of hydrogen-bond donors (Lipinski definition) is 1. The molecule has 2 aromatic rings. The number of carbonyl (C=O) groups is 2. The van der Waals surface area contributed by atoms with Gasteiger partial charge >= 0.3 is 0 Å². The van der Waals surface area contributed by atoms with E-state index in [0.717, 1.165) is 35.6 Å². The van der Waals surface area contributed by atoms with Gasteiger partial charge in [0.15, 0.2) is 0 Å². The number of ether oxygens (including phenoxy) is 1. The van der Waals surface area contributed by atoms with Crippen molar-refractivity contribution >= 4 is 17.5 Å². The van der Waals surface area contributed by atoms with Crippen molar-refractivity contribution in [1.29, 1.82) is 0 Å². The third-order valence-corrected chi connectivity index (χ3v) is 7.85. The molecular formula is C29H38FN5O3. The molecule has 1 aromatic heterocycles. The summed E-state index contributed by atoms with van der Waals surface area (Å²) >= 11 is 0. The van der Waals surface area contributed by atoms with E-state index in [1.165, 1.54) is 12.1 Å². The highest BCUT2D eigenvalue weighted by atomic mass is 19.1. The van der Waals surface area contributed by atoms with Crippen LogP contribution >= 0.6 is 0 Å². The number of carbonyl (C=O) groups excluding carboxylic acids is 2. The van der Waals surface area contributed by atoms with E-state index < -0.39 is 0 Å². The van der Waals surface area contributed by atoms with Crippen molar-refractivity contribution in [3.63, 3.8) is 0 Å². The van der Waals surface area contributed by atoms with Crippen LogP contribution in [0.5, 0.6) is 0 Å². The topological polar surface area (TPSA) is 78.0 Å². The van der Waals surface area contributed by atoms with Crippen LogP contribution in [0.4, 0.5) is 10.1 Å². The number of nitrogens with one attached hydrogen (secondary N) is 1. The highest BCUT2D eigenvalue weighted by Crippen LogP contribution is 2.39. The van der Waals surface area contributed by atoms with Gasteiger partial charge in [0.25, 0.3) is 0 Å². The van der Waals surface area contributed by atoms with Crippen LogP contribution in [0.3, 0.4) is 0 Å². The van der Waals surface area contributed by atoms with Gasteiger partial charge in [-0.3, -0.25) is 19.5 Å². The van der Waals surface area contributed by atoms with Gasteiger partial charge in [0.2, 0.25) is 11.8 Å². The maximum Gasteiger partial charge on any atom is 0.248 e. The molecule has 0 radical (unpaired) electrons. The molecule has 204 valence electrons. The molecule has 4 heterocycles. The lowest BCUT2D eigenvalue weighted by Gasteiger charge is -2.42. The standard InChI is InChI=1S/C29H38FN5O3/c1-19-13-33(24(12-31-19)15-34-14-20(2)38-17-27(34)37)16-26(36)35-18-29(3,4)28-25(35)10-22(11-32-28)9-21-5-7-23(30)8-6-21/h5-8,10-11,19-20,24,31H,9,12-18H2,1-4H3/t19-,20+,24-/m1/s1. The summed E-state index contributed by atoms with van der Waals surface area (Å²) in [6.45, 7) is 11.9. The van der Waals surface area contributed by atoms with Crippen LogP contribution in [-0.2, 0) is 26.2 Å². The van der Waals surface area contributed by atoms with Crippen LogP contribution in [0, 0.1) is 5.82 Å². The second-order valence-electron chi connectivity index (χ2n) is 11.7. The third kappa shape index (κ3) is 5.75. The monoisotopic (exact) mass is 523 g/mol. The number of piperazine rings is 1. The van der Waals surface area contributed by atoms with Crippen molar-refractivity contribution in [2.75, 3.05) is 50.8 Å². The molecule has 2 amide bonds. The van der Waals surface area contributed by atoms with Gasteiger partial charge in [0.05, 0.1) is 24.0 Å². The highest BCUT2D eigenvalue weighted by Gasteiger charge is 2.41. The number of halogens is 1. The molecule has 2 saturated heterocycles. The summed E-state index contributed by atoms with van der Waals surface area (Å²) in [5.41, 5.74) is 3.50. The first-order valence-electron chi connectivity index (χ1n) is 13.5. The van der Waals surface area contributed by atoms with Gasteiger partial charge in [0, 0.05) is 56.4 Å². The smallest absolute Gasteiger partial charge is 0.248 e. The minimum atomic E-state index is -0.258. The Morgan fingerprint density at radius 2 is 1.95 bits per heavy atom. The zero-order chi connectivity index (χ0) is 27.0. The first kappa shape index (κ1) is 26.7. The molecule has 3 atom stereocenters. The highest BCUT2D eigenvalue weighted by molar-refractivity contribution is 5.97. The van der Waals surface area contributed by atoms with Crippen molar-refractivity contribution in [3.05, 3.63) is 59.2 Å². The van der Waals surface area contributed by atoms with E-state index in [0.29, 0.717) is 26.1 Å². The number of nitrogens with zero attached hydrogens (tertiary/aromatic N) is 4. The van der Waals surface area contributed by atoms with Gasteiger partial charge in [-0.15, -0.1) is 0 Å². The van der Waals surface area contributed by atoms with Crippen LogP contribution < -0.4 is 10.2 Å². The number of morpholine rings is 1. The maximum absolute atomic E-state index is 13.8. The number of anilines is 1. The summed E-state index contributed by atoms with van der Waals surface area (Å²) in [5, 5.41) is 3.51. The zero-order valence-electron chi connectivity index (χ0n) is 22.7. The Hall–Kier alpha value is -2.88. The van der Waals surface area contributed by atoms with Crippen molar-refractivity contribution in [2.24, 2.45) is 0 Å². The third-order valence-electron chi connectivity index (χ3n) is 7.85. The number of aromatic nitrogens is 1. The number of benzene rings is 1. The molecule has 8 nitrogen and oxygen atoms in total. The predicted molar refractivity (Wildman–Crippen MR) is 144 cm³/mol. The number of amides is 2. The molecular weight excluding hydrogens is 485 g/mol. The molecule has 5 rings (SSSR count). The Morgan fingerprint density at radius 1 is 1.18 bits per heavy atom. The van der Waals surface area contributed by atoms with Gasteiger partial charge in [-0.1, -0.05) is 26.0 Å². The first-order valence-corrected chi connectivity index (χ1v) is 13.5. The first-order chi connectivity index (χ1) is 18.1. The molecule has 3 aliphatic rings. The quantitative estimate of drug-likeness (QED) is 0.627.